The van der Waals surface area contributed by atoms with Gasteiger partial charge in [0.1, 0.15) is 0 Å². The quantitative estimate of drug-likeness (QED) is 0.706. The van der Waals surface area contributed by atoms with Crippen LogP contribution < -0.4 is 5.32 Å². The molecule has 0 spiro atoms. The lowest BCUT2D eigenvalue weighted by molar-refractivity contribution is 0.0943. The maximum Gasteiger partial charge on any atom is 0.273 e. The third-order valence-electron chi connectivity index (χ3n) is 3.32. The summed E-state index contributed by atoms with van der Waals surface area (Å²) in [4.78, 5) is 16.1. The molecular weight excluding hydrogens is 284 g/mol. The molecule has 0 radical (unpaired) electrons. The van der Waals surface area contributed by atoms with Crippen molar-refractivity contribution in [3.05, 3.63) is 48.4 Å². The van der Waals surface area contributed by atoms with E-state index in [0.29, 0.717) is 23.6 Å². The molecule has 1 amide bonds. The Balaban J connectivity index is 1.56. The summed E-state index contributed by atoms with van der Waals surface area (Å²) in [5, 5.41) is 6.67. The predicted molar refractivity (Wildman–Crippen MR) is 78.1 cm³/mol. The lowest BCUT2D eigenvalue weighted by Gasteiger charge is -2.04. The van der Waals surface area contributed by atoms with Crippen molar-refractivity contribution < 1.29 is 13.7 Å². The summed E-state index contributed by atoms with van der Waals surface area (Å²) in [5.41, 5.74) is 0.955. The van der Waals surface area contributed by atoms with Crippen molar-refractivity contribution in [3.8, 4) is 11.5 Å². The van der Waals surface area contributed by atoms with Crippen LogP contribution in [0.5, 0.6) is 0 Å². The fourth-order valence-corrected chi connectivity index (χ4v) is 2.15. The van der Waals surface area contributed by atoms with Gasteiger partial charge in [0.25, 0.3) is 5.91 Å². The molecule has 22 heavy (non-hydrogen) atoms. The lowest BCUT2D eigenvalue weighted by atomic mass is 10.1. The Kier molecular flexibility index (Phi) is 4.04. The van der Waals surface area contributed by atoms with E-state index < -0.39 is 0 Å². The van der Waals surface area contributed by atoms with Crippen molar-refractivity contribution >= 4 is 5.91 Å². The van der Waals surface area contributed by atoms with Gasteiger partial charge in [-0.3, -0.25) is 4.79 Å². The van der Waals surface area contributed by atoms with Crippen molar-refractivity contribution in [3.63, 3.8) is 0 Å². The van der Waals surface area contributed by atoms with Gasteiger partial charge in [0.05, 0.1) is 12.6 Å². The summed E-state index contributed by atoms with van der Waals surface area (Å²) >= 11 is 0. The predicted octanol–water partition coefficient (Wildman–Crippen LogP) is 2.26. The van der Waals surface area contributed by atoms with Gasteiger partial charge in [0.15, 0.2) is 11.5 Å². The molecule has 3 rings (SSSR count). The van der Waals surface area contributed by atoms with E-state index in [0.717, 1.165) is 13.0 Å². The number of hydrogen-bond donors (Lipinski definition) is 1. The van der Waals surface area contributed by atoms with E-state index in [1.165, 1.54) is 0 Å². The molecule has 0 bridgehead atoms. The van der Waals surface area contributed by atoms with Gasteiger partial charge in [-0.25, -0.2) is 4.98 Å². The highest BCUT2D eigenvalue weighted by Crippen LogP contribution is 2.25. The van der Waals surface area contributed by atoms with E-state index in [9.17, 15) is 4.79 Å². The van der Waals surface area contributed by atoms with Gasteiger partial charge >= 0.3 is 0 Å². The molecule has 3 aromatic rings. The smallest absolute Gasteiger partial charge is 0.273 e. The van der Waals surface area contributed by atoms with Crippen molar-refractivity contribution in [2.24, 2.45) is 0 Å². The van der Waals surface area contributed by atoms with E-state index in [1.807, 2.05) is 10.8 Å². The normalized spacial score (nSPS) is 10.8. The van der Waals surface area contributed by atoms with Crippen molar-refractivity contribution in [2.75, 3.05) is 6.54 Å². The van der Waals surface area contributed by atoms with Crippen LogP contribution in [-0.4, -0.2) is 27.2 Å². The Morgan fingerprint density at radius 3 is 3.09 bits per heavy atom. The summed E-state index contributed by atoms with van der Waals surface area (Å²) in [6, 6.07) is 3.52. The van der Waals surface area contributed by atoms with Gasteiger partial charge < -0.3 is 18.8 Å². The second kappa shape index (κ2) is 6.30. The number of nitrogens with zero attached hydrogens (tertiary/aromatic N) is 3. The SMILES string of the molecule is Cc1c(C(=O)NCCCn2ccnc2)noc1-c1ccco1. The van der Waals surface area contributed by atoms with Crippen LogP contribution in [-0.2, 0) is 6.54 Å². The third kappa shape index (κ3) is 2.93. The summed E-state index contributed by atoms with van der Waals surface area (Å²) in [6.07, 6.45) is 7.73. The number of carbonyl (C=O) groups is 1. The minimum absolute atomic E-state index is 0.246. The largest absolute Gasteiger partial charge is 0.461 e. The summed E-state index contributed by atoms with van der Waals surface area (Å²) in [6.45, 7) is 3.14. The van der Waals surface area contributed by atoms with Crippen LogP contribution in [0, 0.1) is 6.92 Å². The molecule has 0 fully saturated rings. The van der Waals surface area contributed by atoms with Gasteiger partial charge in [0, 0.05) is 31.0 Å². The highest BCUT2D eigenvalue weighted by Gasteiger charge is 2.20. The van der Waals surface area contributed by atoms with Gasteiger partial charge in [-0.1, -0.05) is 5.16 Å². The number of furan rings is 1. The number of nitrogens with one attached hydrogen (secondary N) is 1. The van der Waals surface area contributed by atoms with Crippen LogP contribution in [0.1, 0.15) is 22.5 Å². The Morgan fingerprint density at radius 1 is 1.45 bits per heavy atom. The molecule has 0 saturated carbocycles. The zero-order valence-electron chi connectivity index (χ0n) is 12.2. The van der Waals surface area contributed by atoms with Crippen LogP contribution in [0.4, 0.5) is 0 Å². The first-order valence-electron chi connectivity index (χ1n) is 7.00. The van der Waals surface area contributed by atoms with E-state index >= 15 is 0 Å². The first kappa shape index (κ1) is 14.1. The summed E-state index contributed by atoms with van der Waals surface area (Å²) < 4.78 is 12.4. The minimum Gasteiger partial charge on any atom is -0.461 e. The number of hydrogen-bond acceptors (Lipinski definition) is 5. The average molecular weight is 300 g/mol. The molecule has 1 N–H and O–H groups in total. The molecular formula is C15H16N4O3. The molecule has 7 heteroatoms. The zero-order chi connectivity index (χ0) is 15.4. The van der Waals surface area contributed by atoms with Crippen molar-refractivity contribution in [2.45, 2.75) is 19.9 Å². The maximum atomic E-state index is 12.1. The molecule has 3 heterocycles. The van der Waals surface area contributed by atoms with E-state index in [2.05, 4.69) is 15.5 Å². The molecule has 0 aliphatic heterocycles. The second-order valence-corrected chi connectivity index (χ2v) is 4.87. The number of imidazole rings is 1. The zero-order valence-corrected chi connectivity index (χ0v) is 12.2. The van der Waals surface area contributed by atoms with E-state index in [4.69, 9.17) is 8.94 Å². The molecule has 0 aliphatic carbocycles. The average Bonchev–Trinajstić information content (AvgIpc) is 3.24. The molecule has 0 aromatic carbocycles. The monoisotopic (exact) mass is 300 g/mol. The first-order valence-corrected chi connectivity index (χ1v) is 7.00. The fourth-order valence-electron chi connectivity index (χ4n) is 2.15. The molecule has 7 nitrogen and oxygen atoms in total. The van der Waals surface area contributed by atoms with E-state index in [-0.39, 0.29) is 11.6 Å². The van der Waals surface area contributed by atoms with Crippen LogP contribution in [0.3, 0.4) is 0 Å². The molecule has 0 saturated heterocycles. The van der Waals surface area contributed by atoms with Crippen LogP contribution in [0.2, 0.25) is 0 Å². The minimum atomic E-state index is -0.246. The van der Waals surface area contributed by atoms with Crippen LogP contribution in [0.15, 0.2) is 46.1 Å². The van der Waals surface area contributed by atoms with Crippen molar-refractivity contribution in [1.29, 1.82) is 0 Å². The Morgan fingerprint density at radius 2 is 2.36 bits per heavy atom. The van der Waals surface area contributed by atoms with Gasteiger partial charge in [-0.05, 0) is 25.5 Å². The Bertz CT molecular complexity index is 729. The number of rotatable bonds is 6. The topological polar surface area (TPSA) is 86.1 Å². The summed E-state index contributed by atoms with van der Waals surface area (Å²) in [7, 11) is 0. The number of amides is 1. The first-order chi connectivity index (χ1) is 10.8. The lowest BCUT2D eigenvalue weighted by Crippen LogP contribution is -2.26. The van der Waals surface area contributed by atoms with E-state index in [1.54, 1.807) is 37.8 Å². The van der Waals surface area contributed by atoms with Crippen LogP contribution >= 0.6 is 0 Å². The second-order valence-electron chi connectivity index (χ2n) is 4.87. The Hall–Kier alpha value is -2.83. The molecule has 114 valence electrons. The highest BCUT2D eigenvalue weighted by atomic mass is 16.5. The molecule has 3 aromatic heterocycles. The number of carbonyl (C=O) groups excluding carboxylic acids is 1. The van der Waals surface area contributed by atoms with Crippen molar-refractivity contribution in [1.82, 2.24) is 20.0 Å². The number of aryl methyl sites for hydroxylation is 1. The van der Waals surface area contributed by atoms with Gasteiger partial charge in [-0.2, -0.15) is 0 Å². The van der Waals surface area contributed by atoms with Gasteiger partial charge in [-0.15, -0.1) is 0 Å². The third-order valence-corrected chi connectivity index (χ3v) is 3.32. The summed E-state index contributed by atoms with van der Waals surface area (Å²) in [5.74, 6) is 0.794. The molecule has 0 atom stereocenters. The molecule has 0 aliphatic rings. The fraction of sp³-hybridized carbons (Fsp3) is 0.267. The number of aromatic nitrogens is 3. The van der Waals surface area contributed by atoms with Crippen LogP contribution in [0.25, 0.3) is 11.5 Å². The Labute approximate surface area is 126 Å². The highest BCUT2D eigenvalue weighted by molar-refractivity contribution is 5.94. The molecule has 0 unspecified atom stereocenters. The van der Waals surface area contributed by atoms with Gasteiger partial charge in [0.2, 0.25) is 5.76 Å². The standard InChI is InChI=1S/C15H16N4O3/c1-11-13(18-22-14(11)12-4-2-9-21-12)15(20)17-5-3-7-19-8-6-16-10-19/h2,4,6,8-10H,3,5,7H2,1H3,(H,17,20). The maximum absolute atomic E-state index is 12.1.